The zero-order valence-corrected chi connectivity index (χ0v) is 11.3. The number of hydrogen-bond acceptors (Lipinski definition) is 3. The molecule has 2 rings (SSSR count). The Hall–Kier alpha value is -1.75. The molecule has 0 amide bonds. The lowest BCUT2D eigenvalue weighted by Crippen LogP contribution is -2.01. The second-order valence-electron chi connectivity index (χ2n) is 4.11. The molecular weight excluding hydrogens is 248 g/mol. The molecule has 1 N–H and O–H groups in total. The van der Waals surface area contributed by atoms with Crippen molar-refractivity contribution in [3.63, 3.8) is 0 Å². The highest BCUT2D eigenvalue weighted by Crippen LogP contribution is 2.33. The van der Waals surface area contributed by atoms with Crippen LogP contribution in [0.5, 0.6) is 0 Å². The first kappa shape index (κ1) is 12.7. The summed E-state index contributed by atoms with van der Waals surface area (Å²) in [4.78, 5) is 12.0. The van der Waals surface area contributed by atoms with Crippen molar-refractivity contribution in [2.24, 2.45) is 7.05 Å². The number of carbonyl (C=O) groups is 1. The first-order valence-electron chi connectivity index (χ1n) is 5.50. The van der Waals surface area contributed by atoms with Gasteiger partial charge in [0.1, 0.15) is 0 Å². The Morgan fingerprint density at radius 1 is 1.39 bits per heavy atom. The van der Waals surface area contributed by atoms with E-state index in [1.807, 2.05) is 33.0 Å². The first-order chi connectivity index (χ1) is 8.49. The lowest BCUT2D eigenvalue weighted by molar-refractivity contribution is 0.0693. The van der Waals surface area contributed by atoms with Crippen LogP contribution in [0, 0.1) is 13.8 Å². The SMILES string of the molecule is Cc1cc(Sc2c(C)cccc2C(=O)O)n(C)n1. The molecule has 0 fully saturated rings. The van der Waals surface area contributed by atoms with Crippen LogP contribution in [0.4, 0.5) is 0 Å². The van der Waals surface area contributed by atoms with Gasteiger partial charge in [0.15, 0.2) is 0 Å². The van der Waals surface area contributed by atoms with Gasteiger partial charge in [-0.2, -0.15) is 5.10 Å². The fourth-order valence-corrected chi connectivity index (χ4v) is 2.85. The molecule has 0 saturated carbocycles. The van der Waals surface area contributed by atoms with Crippen molar-refractivity contribution in [1.29, 1.82) is 0 Å². The van der Waals surface area contributed by atoms with E-state index in [0.29, 0.717) is 5.56 Å². The molecular formula is C13H14N2O2S. The molecule has 0 aliphatic carbocycles. The molecule has 0 aliphatic heterocycles. The fourth-order valence-electron chi connectivity index (χ4n) is 1.74. The minimum atomic E-state index is -0.903. The minimum Gasteiger partial charge on any atom is -0.478 e. The van der Waals surface area contributed by atoms with Crippen LogP contribution in [0.1, 0.15) is 21.6 Å². The molecule has 2 aromatic rings. The molecule has 0 aliphatic rings. The number of hydrogen-bond donors (Lipinski definition) is 1. The molecule has 1 aromatic carbocycles. The number of carboxylic acids is 1. The standard InChI is InChI=1S/C13H14N2O2S/c1-8-5-4-6-10(13(16)17)12(8)18-11-7-9(2)14-15(11)3/h4-7H,1-3H3,(H,16,17). The van der Waals surface area contributed by atoms with E-state index in [4.69, 9.17) is 0 Å². The molecule has 0 spiro atoms. The third kappa shape index (κ3) is 2.41. The summed E-state index contributed by atoms with van der Waals surface area (Å²) >= 11 is 1.44. The molecule has 0 bridgehead atoms. The zero-order valence-electron chi connectivity index (χ0n) is 10.5. The highest BCUT2D eigenvalue weighted by molar-refractivity contribution is 7.99. The van der Waals surface area contributed by atoms with Crippen molar-refractivity contribution in [2.75, 3.05) is 0 Å². The highest BCUT2D eigenvalue weighted by Gasteiger charge is 2.15. The maximum absolute atomic E-state index is 11.2. The van der Waals surface area contributed by atoms with Gasteiger partial charge in [0.25, 0.3) is 0 Å². The summed E-state index contributed by atoms with van der Waals surface area (Å²) in [5.74, 6) is -0.903. The third-order valence-corrected chi connectivity index (χ3v) is 3.95. The Morgan fingerprint density at radius 2 is 2.11 bits per heavy atom. The molecule has 5 heteroatoms. The molecule has 0 atom stereocenters. The average Bonchev–Trinajstić information content (AvgIpc) is 2.60. The van der Waals surface area contributed by atoms with E-state index in [1.165, 1.54) is 11.8 Å². The van der Waals surface area contributed by atoms with Gasteiger partial charge in [-0.15, -0.1) is 0 Å². The van der Waals surface area contributed by atoms with Crippen molar-refractivity contribution in [3.05, 3.63) is 41.1 Å². The van der Waals surface area contributed by atoms with Gasteiger partial charge >= 0.3 is 5.97 Å². The normalized spacial score (nSPS) is 10.6. The van der Waals surface area contributed by atoms with Crippen molar-refractivity contribution in [3.8, 4) is 0 Å². The predicted molar refractivity (Wildman–Crippen MR) is 70.2 cm³/mol. The topological polar surface area (TPSA) is 55.1 Å². The quantitative estimate of drug-likeness (QED) is 0.924. The molecule has 1 aromatic heterocycles. The van der Waals surface area contributed by atoms with Crippen LogP contribution >= 0.6 is 11.8 Å². The summed E-state index contributed by atoms with van der Waals surface area (Å²) < 4.78 is 1.76. The molecule has 4 nitrogen and oxygen atoms in total. The van der Waals surface area contributed by atoms with E-state index < -0.39 is 5.97 Å². The molecule has 18 heavy (non-hydrogen) atoms. The van der Waals surface area contributed by atoms with Crippen molar-refractivity contribution in [2.45, 2.75) is 23.8 Å². The summed E-state index contributed by atoms with van der Waals surface area (Å²) in [6, 6.07) is 7.25. The van der Waals surface area contributed by atoms with Crippen LogP contribution in [0.25, 0.3) is 0 Å². The van der Waals surface area contributed by atoms with E-state index in [0.717, 1.165) is 21.2 Å². The summed E-state index contributed by atoms with van der Waals surface area (Å²) in [5, 5.41) is 14.4. The van der Waals surface area contributed by atoms with E-state index >= 15 is 0 Å². The van der Waals surface area contributed by atoms with E-state index in [1.54, 1.807) is 16.8 Å². The van der Waals surface area contributed by atoms with Crippen molar-refractivity contribution >= 4 is 17.7 Å². The number of nitrogens with zero attached hydrogens (tertiary/aromatic N) is 2. The minimum absolute atomic E-state index is 0.332. The number of benzene rings is 1. The summed E-state index contributed by atoms with van der Waals surface area (Å²) in [5.41, 5.74) is 2.21. The van der Waals surface area contributed by atoms with Gasteiger partial charge in [0.05, 0.1) is 16.3 Å². The van der Waals surface area contributed by atoms with Crippen LogP contribution in [-0.4, -0.2) is 20.9 Å². The second kappa shape index (κ2) is 4.86. The van der Waals surface area contributed by atoms with E-state index in [9.17, 15) is 9.90 Å². The van der Waals surface area contributed by atoms with Crippen LogP contribution in [0.3, 0.4) is 0 Å². The number of carboxylic acid groups (broad SMARTS) is 1. The van der Waals surface area contributed by atoms with E-state index in [2.05, 4.69) is 5.10 Å². The first-order valence-corrected chi connectivity index (χ1v) is 6.32. The smallest absolute Gasteiger partial charge is 0.336 e. The predicted octanol–water partition coefficient (Wildman–Crippen LogP) is 2.89. The monoisotopic (exact) mass is 262 g/mol. The van der Waals surface area contributed by atoms with Gasteiger partial charge in [0.2, 0.25) is 0 Å². The fraction of sp³-hybridized carbons (Fsp3) is 0.231. The van der Waals surface area contributed by atoms with Gasteiger partial charge < -0.3 is 5.11 Å². The molecule has 94 valence electrons. The maximum Gasteiger partial charge on any atom is 0.336 e. The van der Waals surface area contributed by atoms with E-state index in [-0.39, 0.29) is 0 Å². The number of aromatic carboxylic acids is 1. The lowest BCUT2D eigenvalue weighted by Gasteiger charge is -2.08. The summed E-state index contributed by atoms with van der Waals surface area (Å²) in [6.45, 7) is 3.83. The van der Waals surface area contributed by atoms with Gasteiger partial charge in [-0.25, -0.2) is 4.79 Å². The lowest BCUT2D eigenvalue weighted by atomic mass is 10.1. The Labute approximate surface area is 110 Å². The van der Waals surface area contributed by atoms with Crippen LogP contribution in [0.15, 0.2) is 34.2 Å². The Balaban J connectivity index is 2.45. The maximum atomic E-state index is 11.2. The third-order valence-electron chi connectivity index (χ3n) is 2.61. The summed E-state index contributed by atoms with van der Waals surface area (Å²) in [6.07, 6.45) is 0. The second-order valence-corrected chi connectivity index (χ2v) is 5.14. The molecule has 0 unspecified atom stereocenters. The van der Waals surface area contributed by atoms with Crippen molar-refractivity contribution < 1.29 is 9.90 Å². The number of aryl methyl sites for hydroxylation is 3. The molecule has 0 radical (unpaired) electrons. The van der Waals surface area contributed by atoms with Gasteiger partial charge in [-0.1, -0.05) is 23.9 Å². The van der Waals surface area contributed by atoms with Crippen LogP contribution in [0.2, 0.25) is 0 Å². The number of rotatable bonds is 3. The summed E-state index contributed by atoms with van der Waals surface area (Å²) in [7, 11) is 1.86. The molecule has 1 heterocycles. The van der Waals surface area contributed by atoms with Gasteiger partial charge in [0, 0.05) is 11.9 Å². The van der Waals surface area contributed by atoms with Gasteiger partial charge in [-0.3, -0.25) is 4.68 Å². The Morgan fingerprint density at radius 3 is 2.67 bits per heavy atom. The van der Waals surface area contributed by atoms with Crippen molar-refractivity contribution in [1.82, 2.24) is 9.78 Å². The largest absolute Gasteiger partial charge is 0.478 e. The number of aromatic nitrogens is 2. The zero-order chi connectivity index (χ0) is 13.3. The molecule has 0 saturated heterocycles. The van der Waals surface area contributed by atoms with Crippen LogP contribution < -0.4 is 0 Å². The average molecular weight is 262 g/mol. The van der Waals surface area contributed by atoms with Gasteiger partial charge in [-0.05, 0) is 31.5 Å². The highest BCUT2D eigenvalue weighted by atomic mass is 32.2. The van der Waals surface area contributed by atoms with Crippen LogP contribution in [-0.2, 0) is 7.05 Å². The Bertz CT molecular complexity index is 605. The Kier molecular flexibility index (Phi) is 3.43.